The van der Waals surface area contributed by atoms with Crippen LogP contribution < -0.4 is 5.32 Å². The number of esters is 1. The summed E-state index contributed by atoms with van der Waals surface area (Å²) in [5, 5.41) is 13.1. The molecule has 0 bridgehead atoms. The van der Waals surface area contributed by atoms with Gasteiger partial charge in [-0.3, -0.25) is 10.1 Å². The molecule has 0 amide bonds. The summed E-state index contributed by atoms with van der Waals surface area (Å²) in [5.74, 6) is 0.198. The number of nitrogens with one attached hydrogen (secondary N) is 1. The van der Waals surface area contributed by atoms with Crippen LogP contribution in [0.15, 0.2) is 18.2 Å². The third-order valence-electron chi connectivity index (χ3n) is 3.50. The zero-order valence-corrected chi connectivity index (χ0v) is 12.1. The Bertz CT molecular complexity index is 431. The first kappa shape index (κ1) is 15.5. The van der Waals surface area contributed by atoms with E-state index in [-0.39, 0.29) is 23.7 Å². The summed E-state index contributed by atoms with van der Waals surface area (Å²) in [6.45, 7) is 6.33. The van der Waals surface area contributed by atoms with Crippen molar-refractivity contribution >= 4 is 5.97 Å². The average molecular weight is 265 g/mol. The van der Waals surface area contributed by atoms with Crippen LogP contribution in [0.4, 0.5) is 0 Å². The number of phenolic OH excluding ortho intramolecular Hbond substituents is 1. The third kappa shape index (κ3) is 3.96. The maximum Gasteiger partial charge on any atom is 0.323 e. The Labute approximate surface area is 114 Å². The summed E-state index contributed by atoms with van der Waals surface area (Å²) < 4.78 is 4.81. The van der Waals surface area contributed by atoms with Crippen molar-refractivity contribution in [2.45, 2.75) is 39.8 Å². The highest BCUT2D eigenvalue weighted by Crippen LogP contribution is 2.21. The van der Waals surface area contributed by atoms with Crippen molar-refractivity contribution in [1.29, 1.82) is 0 Å². The molecule has 4 nitrogen and oxygen atoms in total. The van der Waals surface area contributed by atoms with Crippen molar-refractivity contribution in [2.75, 3.05) is 7.11 Å². The molecule has 106 valence electrons. The lowest BCUT2D eigenvalue weighted by molar-refractivity contribution is -0.144. The zero-order chi connectivity index (χ0) is 14.4. The van der Waals surface area contributed by atoms with Gasteiger partial charge in [-0.25, -0.2) is 0 Å². The number of methoxy groups -OCH3 is 1. The van der Waals surface area contributed by atoms with E-state index in [2.05, 4.69) is 5.32 Å². The van der Waals surface area contributed by atoms with E-state index in [1.807, 2.05) is 39.0 Å². The lowest BCUT2D eigenvalue weighted by Crippen LogP contribution is -2.42. The van der Waals surface area contributed by atoms with Crippen LogP contribution in [0.3, 0.4) is 0 Å². The first-order valence-corrected chi connectivity index (χ1v) is 6.59. The van der Waals surface area contributed by atoms with Gasteiger partial charge in [0, 0.05) is 12.1 Å². The number of carbonyl (C=O) groups excluding carboxylic acids is 1. The highest BCUT2D eigenvalue weighted by atomic mass is 16.5. The van der Waals surface area contributed by atoms with E-state index in [9.17, 15) is 9.90 Å². The minimum atomic E-state index is -0.352. The van der Waals surface area contributed by atoms with Crippen LogP contribution in [-0.2, 0) is 16.1 Å². The Hall–Kier alpha value is -1.55. The predicted molar refractivity (Wildman–Crippen MR) is 74.9 cm³/mol. The van der Waals surface area contributed by atoms with Gasteiger partial charge in [0.2, 0.25) is 0 Å². The van der Waals surface area contributed by atoms with Gasteiger partial charge in [0.1, 0.15) is 11.8 Å². The van der Waals surface area contributed by atoms with E-state index in [1.165, 1.54) is 7.11 Å². The molecule has 1 aromatic carbocycles. The second-order valence-electron chi connectivity index (χ2n) is 4.85. The highest BCUT2D eigenvalue weighted by Gasteiger charge is 2.24. The monoisotopic (exact) mass is 265 g/mol. The van der Waals surface area contributed by atoms with Crippen LogP contribution in [0.2, 0.25) is 0 Å². The van der Waals surface area contributed by atoms with Gasteiger partial charge < -0.3 is 9.84 Å². The number of aryl methyl sites for hydroxylation is 1. The standard InChI is InChI=1S/C15H23NO3/c1-5-10(2)13(15(18)19-4)16-9-12-8-6-7-11(3)14(12)17/h6-8,10,13,16-17H,5,9H2,1-4H3. The molecule has 0 heterocycles. The van der Waals surface area contributed by atoms with E-state index in [0.717, 1.165) is 17.5 Å². The second kappa shape index (κ2) is 7.14. The number of phenols is 1. The molecule has 0 radical (unpaired) electrons. The minimum Gasteiger partial charge on any atom is -0.507 e. The molecule has 0 saturated carbocycles. The van der Waals surface area contributed by atoms with Gasteiger partial charge in [0.15, 0.2) is 0 Å². The molecule has 0 fully saturated rings. The van der Waals surface area contributed by atoms with Crippen molar-refractivity contribution in [3.63, 3.8) is 0 Å². The Balaban J connectivity index is 2.76. The number of hydrogen-bond donors (Lipinski definition) is 2. The molecule has 1 rings (SSSR count). The Kier molecular flexibility index (Phi) is 5.83. The molecule has 2 atom stereocenters. The van der Waals surface area contributed by atoms with E-state index < -0.39 is 0 Å². The Morgan fingerprint density at radius 3 is 2.74 bits per heavy atom. The van der Waals surface area contributed by atoms with E-state index >= 15 is 0 Å². The maximum atomic E-state index is 11.7. The fourth-order valence-corrected chi connectivity index (χ4v) is 1.96. The second-order valence-corrected chi connectivity index (χ2v) is 4.85. The molecule has 0 aromatic heterocycles. The van der Waals surface area contributed by atoms with Crippen LogP contribution in [-0.4, -0.2) is 24.2 Å². The van der Waals surface area contributed by atoms with Crippen molar-refractivity contribution in [3.05, 3.63) is 29.3 Å². The molecule has 1 aromatic rings. The van der Waals surface area contributed by atoms with Gasteiger partial charge in [0.25, 0.3) is 0 Å². The number of ether oxygens (including phenoxy) is 1. The zero-order valence-electron chi connectivity index (χ0n) is 12.1. The van der Waals surface area contributed by atoms with Gasteiger partial charge in [-0.15, -0.1) is 0 Å². The largest absolute Gasteiger partial charge is 0.507 e. The summed E-state index contributed by atoms with van der Waals surface area (Å²) in [4.78, 5) is 11.7. The number of aromatic hydroxyl groups is 1. The summed E-state index contributed by atoms with van der Waals surface area (Å²) >= 11 is 0. The fraction of sp³-hybridized carbons (Fsp3) is 0.533. The van der Waals surface area contributed by atoms with Gasteiger partial charge in [-0.05, 0) is 18.4 Å². The van der Waals surface area contributed by atoms with Crippen molar-refractivity contribution in [3.8, 4) is 5.75 Å². The van der Waals surface area contributed by atoms with Gasteiger partial charge >= 0.3 is 5.97 Å². The van der Waals surface area contributed by atoms with Crippen LogP contribution >= 0.6 is 0 Å². The molecule has 19 heavy (non-hydrogen) atoms. The molecule has 0 saturated heterocycles. The smallest absolute Gasteiger partial charge is 0.323 e. The number of rotatable bonds is 6. The lowest BCUT2D eigenvalue weighted by Gasteiger charge is -2.22. The summed E-state index contributed by atoms with van der Waals surface area (Å²) in [6, 6.07) is 5.24. The molecule has 0 spiro atoms. The fourth-order valence-electron chi connectivity index (χ4n) is 1.96. The lowest BCUT2D eigenvalue weighted by atomic mass is 9.98. The molecule has 4 heteroatoms. The van der Waals surface area contributed by atoms with E-state index in [4.69, 9.17) is 4.74 Å². The quantitative estimate of drug-likeness (QED) is 0.775. The minimum absolute atomic E-state index is 0.180. The average Bonchev–Trinajstić information content (AvgIpc) is 2.42. The van der Waals surface area contributed by atoms with Crippen molar-refractivity contribution in [1.82, 2.24) is 5.32 Å². The van der Waals surface area contributed by atoms with Crippen LogP contribution in [0, 0.1) is 12.8 Å². The van der Waals surface area contributed by atoms with Crippen molar-refractivity contribution in [2.24, 2.45) is 5.92 Å². The molecular formula is C15H23NO3. The van der Waals surface area contributed by atoms with Gasteiger partial charge in [-0.2, -0.15) is 0 Å². The number of benzene rings is 1. The summed E-state index contributed by atoms with van der Waals surface area (Å²) in [5.41, 5.74) is 1.62. The first-order valence-electron chi connectivity index (χ1n) is 6.59. The highest BCUT2D eigenvalue weighted by molar-refractivity contribution is 5.76. The molecule has 0 aliphatic carbocycles. The topological polar surface area (TPSA) is 58.6 Å². The first-order chi connectivity index (χ1) is 9.01. The summed E-state index contributed by atoms with van der Waals surface area (Å²) in [6.07, 6.45) is 0.882. The predicted octanol–water partition coefficient (Wildman–Crippen LogP) is 2.38. The van der Waals surface area contributed by atoms with Gasteiger partial charge in [0.05, 0.1) is 7.11 Å². The normalized spacial score (nSPS) is 13.9. The van der Waals surface area contributed by atoms with Crippen molar-refractivity contribution < 1.29 is 14.6 Å². The molecular weight excluding hydrogens is 242 g/mol. The Morgan fingerprint density at radius 1 is 1.47 bits per heavy atom. The van der Waals surface area contributed by atoms with Crippen LogP contribution in [0.25, 0.3) is 0 Å². The molecule has 0 aliphatic heterocycles. The third-order valence-corrected chi connectivity index (χ3v) is 3.50. The summed E-state index contributed by atoms with van der Waals surface area (Å²) in [7, 11) is 1.39. The SMILES string of the molecule is CCC(C)C(NCc1cccc(C)c1O)C(=O)OC. The Morgan fingerprint density at radius 2 is 2.16 bits per heavy atom. The van der Waals surface area contributed by atoms with Gasteiger partial charge in [-0.1, -0.05) is 38.5 Å². The maximum absolute atomic E-state index is 11.7. The van der Waals surface area contributed by atoms with E-state index in [0.29, 0.717) is 6.54 Å². The van der Waals surface area contributed by atoms with Crippen LogP contribution in [0.1, 0.15) is 31.4 Å². The molecule has 0 aliphatic rings. The van der Waals surface area contributed by atoms with Crippen LogP contribution in [0.5, 0.6) is 5.75 Å². The number of hydrogen-bond acceptors (Lipinski definition) is 4. The number of carbonyl (C=O) groups is 1. The molecule has 2 unspecified atom stereocenters. The molecule has 2 N–H and O–H groups in total. The van der Waals surface area contributed by atoms with E-state index in [1.54, 1.807) is 0 Å². The number of para-hydroxylation sites is 1.